The lowest BCUT2D eigenvalue weighted by Crippen LogP contribution is -2.00. The Kier molecular flexibility index (Phi) is 3.49. The molecule has 0 aliphatic carbocycles. The van der Waals surface area contributed by atoms with Crippen molar-refractivity contribution in [3.8, 4) is 0 Å². The van der Waals surface area contributed by atoms with E-state index >= 15 is 0 Å². The second kappa shape index (κ2) is 4.43. The van der Waals surface area contributed by atoms with Crippen molar-refractivity contribution in [3.63, 3.8) is 0 Å². The molecule has 0 aliphatic heterocycles. The van der Waals surface area contributed by atoms with Crippen molar-refractivity contribution in [1.29, 1.82) is 0 Å². The van der Waals surface area contributed by atoms with Crippen LogP contribution in [0.2, 0.25) is 5.02 Å². The van der Waals surface area contributed by atoms with Gasteiger partial charge >= 0.3 is 0 Å². The summed E-state index contributed by atoms with van der Waals surface area (Å²) in [6.07, 6.45) is -0.140. The summed E-state index contributed by atoms with van der Waals surface area (Å²) in [5.41, 5.74) is 0.0547. The highest BCUT2D eigenvalue weighted by atomic mass is 35.5. The maximum Gasteiger partial charge on any atom is 0.274 e. The number of benzene rings is 1. The summed E-state index contributed by atoms with van der Waals surface area (Å²) in [6, 6.07) is 4.27. The fourth-order valence-electron chi connectivity index (χ4n) is 1.04. The third-order valence-corrected chi connectivity index (χ3v) is 2.13. The number of hydrogen-bond acceptors (Lipinski definition) is 3. The Bertz CT molecular complexity index is 394. The Morgan fingerprint density at radius 3 is 2.71 bits per heavy atom. The molecule has 0 spiro atoms. The zero-order valence-electron chi connectivity index (χ0n) is 6.94. The van der Waals surface area contributed by atoms with Crippen LogP contribution in [-0.2, 0) is 11.2 Å². The minimum Gasteiger partial charge on any atom is -0.287 e. The van der Waals surface area contributed by atoms with Crippen molar-refractivity contribution in [2.45, 2.75) is 6.42 Å². The Balaban J connectivity index is 3.22. The summed E-state index contributed by atoms with van der Waals surface area (Å²) in [4.78, 5) is 20.7. The van der Waals surface area contributed by atoms with Crippen LogP contribution < -0.4 is 0 Å². The summed E-state index contributed by atoms with van der Waals surface area (Å²) in [5.74, 6) is 0. The predicted octanol–water partition coefficient (Wildman–Crippen LogP) is 2.25. The van der Waals surface area contributed by atoms with Crippen LogP contribution in [-0.4, -0.2) is 10.0 Å². The van der Waals surface area contributed by atoms with Gasteiger partial charge in [-0.2, -0.15) is 0 Å². The normalized spacial score (nSPS) is 9.86. The number of hydrogen-bond donors (Lipinski definition) is 1. The lowest BCUT2D eigenvalue weighted by atomic mass is 10.1. The first-order valence-electron chi connectivity index (χ1n) is 3.66. The Hall–Kier alpha value is -1.07. The Morgan fingerprint density at radius 2 is 2.21 bits per heavy atom. The minimum atomic E-state index is -0.571. The van der Waals surface area contributed by atoms with E-state index in [0.29, 0.717) is 0 Å². The molecule has 0 fully saturated rings. The molecule has 0 saturated carbocycles. The van der Waals surface area contributed by atoms with Crippen LogP contribution in [0.25, 0.3) is 0 Å². The first-order valence-corrected chi connectivity index (χ1v) is 4.48. The van der Waals surface area contributed by atoms with Crippen LogP contribution in [0.15, 0.2) is 18.2 Å². The topological polar surface area (TPSA) is 60.2 Å². The van der Waals surface area contributed by atoms with E-state index in [9.17, 15) is 14.9 Å². The molecule has 6 heteroatoms. The summed E-state index contributed by atoms with van der Waals surface area (Å²) >= 11 is 9.28. The molecule has 0 radical (unpaired) electrons. The van der Waals surface area contributed by atoms with E-state index in [1.807, 2.05) is 0 Å². The Morgan fingerprint density at radius 1 is 1.57 bits per heavy atom. The molecule has 0 aliphatic rings. The third kappa shape index (κ3) is 2.46. The van der Waals surface area contributed by atoms with E-state index in [0.717, 1.165) is 0 Å². The molecule has 1 aromatic carbocycles. The van der Waals surface area contributed by atoms with Crippen LogP contribution in [0.5, 0.6) is 0 Å². The molecular formula is C8H6ClNO3S. The van der Waals surface area contributed by atoms with E-state index in [4.69, 9.17) is 11.6 Å². The van der Waals surface area contributed by atoms with Gasteiger partial charge in [0, 0.05) is 12.5 Å². The van der Waals surface area contributed by atoms with Gasteiger partial charge in [0.2, 0.25) is 0 Å². The number of nitro groups is 1. The van der Waals surface area contributed by atoms with E-state index in [1.54, 1.807) is 0 Å². The molecule has 0 unspecified atom stereocenters. The summed E-state index contributed by atoms with van der Waals surface area (Å²) in [7, 11) is 0. The number of carbonyl (C=O) groups excluding carboxylic acids is 1. The van der Waals surface area contributed by atoms with Gasteiger partial charge in [0.25, 0.3) is 5.69 Å². The average Bonchev–Trinajstić information content (AvgIpc) is 2.07. The summed E-state index contributed by atoms with van der Waals surface area (Å²) in [6.45, 7) is 0. The number of rotatable bonds is 3. The van der Waals surface area contributed by atoms with Crippen LogP contribution in [0.3, 0.4) is 0 Å². The molecule has 0 N–H and O–H groups in total. The van der Waals surface area contributed by atoms with Gasteiger partial charge in [-0.25, -0.2) is 0 Å². The molecule has 0 bridgehead atoms. The summed E-state index contributed by atoms with van der Waals surface area (Å²) in [5, 5.41) is 10.3. The van der Waals surface area contributed by atoms with Gasteiger partial charge in [0.1, 0.15) is 0 Å². The zero-order chi connectivity index (χ0) is 10.7. The number of nitro benzene ring substituents is 1. The Labute approximate surface area is 90.4 Å². The van der Waals surface area contributed by atoms with E-state index in [-0.39, 0.29) is 22.7 Å². The number of thiol groups is 1. The molecule has 0 atom stereocenters. The standard InChI is InChI=1S/C8H6ClNO3S/c9-6-2-1-3-7(10(12)13)5(6)4-8(11)14/h1-3H,4H2,(H,11,14). The minimum absolute atomic E-state index is 0.140. The van der Waals surface area contributed by atoms with Gasteiger partial charge in [-0.1, -0.05) is 17.7 Å². The second-order valence-electron chi connectivity index (χ2n) is 2.57. The van der Waals surface area contributed by atoms with Gasteiger partial charge in [-0.3, -0.25) is 14.9 Å². The van der Waals surface area contributed by atoms with Gasteiger partial charge < -0.3 is 0 Å². The fourth-order valence-corrected chi connectivity index (χ4v) is 1.44. The molecule has 14 heavy (non-hydrogen) atoms. The lowest BCUT2D eigenvalue weighted by Gasteiger charge is -2.01. The van der Waals surface area contributed by atoms with Crippen molar-refractivity contribution in [3.05, 3.63) is 38.9 Å². The maximum atomic E-state index is 10.7. The molecule has 0 aromatic heterocycles. The highest BCUT2D eigenvalue weighted by Crippen LogP contribution is 2.26. The van der Waals surface area contributed by atoms with Crippen molar-refractivity contribution < 1.29 is 9.72 Å². The van der Waals surface area contributed by atoms with Crippen molar-refractivity contribution >= 4 is 35.0 Å². The van der Waals surface area contributed by atoms with Crippen LogP contribution in [0, 0.1) is 10.1 Å². The quantitative estimate of drug-likeness (QED) is 0.493. The lowest BCUT2D eigenvalue weighted by molar-refractivity contribution is -0.385. The maximum absolute atomic E-state index is 10.7. The van der Waals surface area contributed by atoms with E-state index in [1.165, 1.54) is 18.2 Å². The smallest absolute Gasteiger partial charge is 0.274 e. The summed E-state index contributed by atoms with van der Waals surface area (Å²) < 4.78 is 0. The van der Waals surface area contributed by atoms with E-state index in [2.05, 4.69) is 12.6 Å². The zero-order valence-corrected chi connectivity index (χ0v) is 8.59. The van der Waals surface area contributed by atoms with Crippen LogP contribution >= 0.6 is 24.2 Å². The van der Waals surface area contributed by atoms with Crippen molar-refractivity contribution in [1.82, 2.24) is 0 Å². The highest BCUT2D eigenvalue weighted by Gasteiger charge is 2.17. The monoisotopic (exact) mass is 231 g/mol. The van der Waals surface area contributed by atoms with Crippen molar-refractivity contribution in [2.75, 3.05) is 0 Å². The molecule has 0 heterocycles. The highest BCUT2D eigenvalue weighted by molar-refractivity contribution is 7.96. The van der Waals surface area contributed by atoms with Gasteiger partial charge in [-0.05, 0) is 6.07 Å². The van der Waals surface area contributed by atoms with Gasteiger partial charge in [0.05, 0.1) is 15.5 Å². The first-order chi connectivity index (χ1) is 6.52. The van der Waals surface area contributed by atoms with Gasteiger partial charge in [-0.15, -0.1) is 12.6 Å². The molecule has 74 valence electrons. The average molecular weight is 232 g/mol. The second-order valence-corrected chi connectivity index (χ2v) is 3.47. The molecular weight excluding hydrogens is 226 g/mol. The first kappa shape index (κ1) is 11.0. The molecule has 0 amide bonds. The molecule has 0 saturated heterocycles. The third-order valence-electron chi connectivity index (χ3n) is 1.62. The molecule has 1 rings (SSSR count). The number of carbonyl (C=O) groups is 1. The van der Waals surface area contributed by atoms with Crippen LogP contribution in [0.4, 0.5) is 5.69 Å². The molecule has 1 aromatic rings. The number of halogens is 1. The largest absolute Gasteiger partial charge is 0.287 e. The number of nitrogens with zero attached hydrogens (tertiary/aromatic N) is 1. The fraction of sp³-hybridized carbons (Fsp3) is 0.125. The van der Waals surface area contributed by atoms with E-state index < -0.39 is 10.0 Å². The predicted molar refractivity (Wildman–Crippen MR) is 55.8 cm³/mol. The van der Waals surface area contributed by atoms with Crippen LogP contribution in [0.1, 0.15) is 5.56 Å². The molecule has 4 nitrogen and oxygen atoms in total. The van der Waals surface area contributed by atoms with Gasteiger partial charge in [0.15, 0.2) is 5.12 Å². The SMILES string of the molecule is O=C(S)Cc1c(Cl)cccc1[N+](=O)[O-]. The van der Waals surface area contributed by atoms with Crippen molar-refractivity contribution in [2.24, 2.45) is 0 Å².